The highest BCUT2D eigenvalue weighted by Gasteiger charge is 2.28. The SMILES string of the molecule is CC(C)(C)OC(=O)N1CCC[C@@H](Nc2nnc(-c3ccc(C#N)cc3O)c3cccnc23)C1. The number of pyridine rings is 1. The van der Waals surface area contributed by atoms with Crippen LogP contribution in [-0.2, 0) is 4.74 Å². The van der Waals surface area contributed by atoms with E-state index in [-0.39, 0.29) is 17.9 Å². The second kappa shape index (κ2) is 8.90. The molecule has 1 aromatic carbocycles. The molecule has 3 heterocycles. The van der Waals surface area contributed by atoms with Gasteiger partial charge in [-0.15, -0.1) is 10.2 Å². The molecule has 4 rings (SSSR count). The number of carbonyl (C=O) groups is 1. The van der Waals surface area contributed by atoms with E-state index < -0.39 is 5.60 Å². The van der Waals surface area contributed by atoms with E-state index in [9.17, 15) is 9.90 Å². The molecule has 2 aromatic heterocycles. The van der Waals surface area contributed by atoms with Crippen molar-refractivity contribution in [2.75, 3.05) is 18.4 Å². The monoisotopic (exact) mass is 446 g/mol. The number of nitrogens with zero attached hydrogens (tertiary/aromatic N) is 5. The van der Waals surface area contributed by atoms with Gasteiger partial charge in [-0.3, -0.25) is 4.98 Å². The Bertz CT molecular complexity index is 1230. The Hall–Kier alpha value is -3.93. The smallest absolute Gasteiger partial charge is 0.410 e. The number of aromatic nitrogens is 3. The summed E-state index contributed by atoms with van der Waals surface area (Å²) in [5.74, 6) is 0.466. The van der Waals surface area contributed by atoms with Crippen LogP contribution in [0, 0.1) is 11.3 Å². The molecule has 0 spiro atoms. The van der Waals surface area contributed by atoms with E-state index in [0.717, 1.165) is 18.2 Å². The largest absolute Gasteiger partial charge is 0.507 e. The molecule has 2 N–H and O–H groups in total. The maximum Gasteiger partial charge on any atom is 0.410 e. The van der Waals surface area contributed by atoms with Crippen LogP contribution in [0.4, 0.5) is 10.6 Å². The topological polar surface area (TPSA) is 124 Å². The molecule has 0 aliphatic carbocycles. The number of nitriles is 1. The van der Waals surface area contributed by atoms with Crippen LogP contribution in [0.25, 0.3) is 22.2 Å². The minimum Gasteiger partial charge on any atom is -0.507 e. The number of phenols is 1. The molecular weight excluding hydrogens is 420 g/mol. The molecule has 9 heteroatoms. The van der Waals surface area contributed by atoms with Crippen molar-refractivity contribution in [1.82, 2.24) is 20.1 Å². The molecule has 1 amide bonds. The van der Waals surface area contributed by atoms with Gasteiger partial charge in [0, 0.05) is 36.3 Å². The highest BCUT2D eigenvalue weighted by Crippen LogP contribution is 2.34. The fourth-order valence-corrected chi connectivity index (χ4v) is 3.86. The summed E-state index contributed by atoms with van der Waals surface area (Å²) in [6.07, 6.45) is 3.06. The van der Waals surface area contributed by atoms with Gasteiger partial charge in [0.25, 0.3) is 0 Å². The third-order valence-electron chi connectivity index (χ3n) is 5.33. The number of rotatable bonds is 3. The van der Waals surface area contributed by atoms with Gasteiger partial charge in [0.1, 0.15) is 22.6 Å². The number of fused-ring (bicyclic) bond motifs is 1. The van der Waals surface area contributed by atoms with Crippen LogP contribution in [0.15, 0.2) is 36.5 Å². The van der Waals surface area contributed by atoms with Gasteiger partial charge in [0.15, 0.2) is 5.82 Å². The van der Waals surface area contributed by atoms with E-state index in [2.05, 4.69) is 20.5 Å². The molecule has 9 nitrogen and oxygen atoms in total. The van der Waals surface area contributed by atoms with Crippen molar-refractivity contribution < 1.29 is 14.6 Å². The van der Waals surface area contributed by atoms with E-state index in [1.165, 1.54) is 6.07 Å². The molecule has 0 bridgehead atoms. The van der Waals surface area contributed by atoms with Gasteiger partial charge in [-0.1, -0.05) is 0 Å². The van der Waals surface area contributed by atoms with Crippen LogP contribution in [0.5, 0.6) is 5.75 Å². The summed E-state index contributed by atoms with van der Waals surface area (Å²) >= 11 is 0. The molecule has 1 fully saturated rings. The second-order valence-corrected chi connectivity index (χ2v) is 9.05. The Labute approximate surface area is 192 Å². The Morgan fingerprint density at radius 2 is 2.12 bits per heavy atom. The van der Waals surface area contributed by atoms with Gasteiger partial charge in [0.2, 0.25) is 0 Å². The standard InChI is InChI=1S/C24H26N6O3/c1-24(2,3)33-23(32)30-11-5-6-16(14-30)27-22-21-18(7-4-10-26-21)20(28-29-22)17-9-8-15(13-25)12-19(17)31/h4,7-10,12,16,31H,5-6,11,14H2,1-3H3,(H,27,29)/t16-/m1/s1. The van der Waals surface area contributed by atoms with Crippen molar-refractivity contribution in [2.45, 2.75) is 45.3 Å². The zero-order valence-electron chi connectivity index (χ0n) is 18.9. The molecule has 1 saturated heterocycles. The highest BCUT2D eigenvalue weighted by atomic mass is 16.6. The minimum absolute atomic E-state index is 0.0278. The number of aromatic hydroxyl groups is 1. The van der Waals surface area contributed by atoms with Crippen LogP contribution in [0.2, 0.25) is 0 Å². The van der Waals surface area contributed by atoms with Gasteiger partial charge >= 0.3 is 6.09 Å². The summed E-state index contributed by atoms with van der Waals surface area (Å²) in [7, 11) is 0. The number of benzene rings is 1. The number of nitrogens with one attached hydrogen (secondary N) is 1. The lowest BCUT2D eigenvalue weighted by Gasteiger charge is -2.34. The van der Waals surface area contributed by atoms with E-state index in [0.29, 0.717) is 41.2 Å². The van der Waals surface area contributed by atoms with Crippen molar-refractivity contribution in [3.63, 3.8) is 0 Å². The first-order valence-corrected chi connectivity index (χ1v) is 10.8. The van der Waals surface area contributed by atoms with Crippen LogP contribution < -0.4 is 5.32 Å². The predicted molar refractivity (Wildman–Crippen MR) is 124 cm³/mol. The molecule has 0 saturated carbocycles. The third kappa shape index (κ3) is 4.95. The highest BCUT2D eigenvalue weighted by molar-refractivity contribution is 5.98. The molecule has 170 valence electrons. The van der Waals surface area contributed by atoms with Gasteiger partial charge in [-0.2, -0.15) is 5.26 Å². The maximum atomic E-state index is 12.5. The summed E-state index contributed by atoms with van der Waals surface area (Å²) in [6, 6.07) is 10.3. The molecule has 3 aromatic rings. The normalized spacial score (nSPS) is 16.3. The summed E-state index contributed by atoms with van der Waals surface area (Å²) in [5.41, 5.74) is 1.37. The Morgan fingerprint density at radius 3 is 2.85 bits per heavy atom. The average Bonchev–Trinajstić information content (AvgIpc) is 2.78. The molecule has 0 radical (unpaired) electrons. The number of likely N-dealkylation sites (tertiary alicyclic amines) is 1. The molecule has 1 aliphatic rings. The van der Waals surface area contributed by atoms with Crippen LogP contribution >= 0.6 is 0 Å². The number of carbonyl (C=O) groups excluding carboxylic acids is 1. The van der Waals surface area contributed by atoms with Crippen LogP contribution in [-0.4, -0.2) is 56.0 Å². The predicted octanol–water partition coefficient (Wildman–Crippen LogP) is 4.08. The van der Waals surface area contributed by atoms with Crippen molar-refractivity contribution >= 4 is 22.8 Å². The first-order chi connectivity index (χ1) is 15.7. The van der Waals surface area contributed by atoms with Crippen LogP contribution in [0.1, 0.15) is 39.2 Å². The van der Waals surface area contributed by atoms with E-state index in [1.54, 1.807) is 29.3 Å². The molecule has 0 unspecified atom stereocenters. The number of piperidine rings is 1. The Balaban J connectivity index is 1.61. The van der Waals surface area contributed by atoms with Gasteiger partial charge in [-0.25, -0.2) is 4.79 Å². The van der Waals surface area contributed by atoms with Gasteiger partial charge < -0.3 is 20.1 Å². The number of amides is 1. The lowest BCUT2D eigenvalue weighted by molar-refractivity contribution is 0.0206. The lowest BCUT2D eigenvalue weighted by atomic mass is 10.0. The zero-order valence-corrected chi connectivity index (χ0v) is 18.9. The number of anilines is 1. The van der Waals surface area contributed by atoms with E-state index in [4.69, 9.17) is 10.00 Å². The fourth-order valence-electron chi connectivity index (χ4n) is 3.86. The molecular formula is C24H26N6O3. The zero-order chi connectivity index (χ0) is 23.6. The maximum absolute atomic E-state index is 12.5. The molecule has 33 heavy (non-hydrogen) atoms. The van der Waals surface area contributed by atoms with Crippen molar-refractivity contribution in [1.29, 1.82) is 5.26 Å². The number of hydrogen-bond donors (Lipinski definition) is 2. The number of ether oxygens (including phenoxy) is 1. The van der Waals surface area contributed by atoms with Gasteiger partial charge in [0.05, 0.1) is 11.6 Å². The van der Waals surface area contributed by atoms with Crippen molar-refractivity contribution in [2.24, 2.45) is 0 Å². The summed E-state index contributed by atoms with van der Waals surface area (Å²) in [6.45, 7) is 6.69. The van der Waals surface area contributed by atoms with Gasteiger partial charge in [-0.05, 0) is 63.9 Å². The Kier molecular flexibility index (Phi) is 6.01. The average molecular weight is 447 g/mol. The minimum atomic E-state index is -0.546. The number of phenolic OH excluding ortho intramolecular Hbond substituents is 1. The van der Waals surface area contributed by atoms with Crippen molar-refractivity contribution in [3.05, 3.63) is 42.1 Å². The second-order valence-electron chi connectivity index (χ2n) is 9.05. The Morgan fingerprint density at radius 1 is 1.30 bits per heavy atom. The summed E-state index contributed by atoms with van der Waals surface area (Å²) < 4.78 is 5.51. The van der Waals surface area contributed by atoms with E-state index >= 15 is 0 Å². The van der Waals surface area contributed by atoms with E-state index in [1.807, 2.05) is 32.9 Å². The number of hydrogen-bond acceptors (Lipinski definition) is 8. The van der Waals surface area contributed by atoms with Crippen LogP contribution in [0.3, 0.4) is 0 Å². The quantitative estimate of drug-likeness (QED) is 0.617. The molecule has 1 atom stereocenters. The summed E-state index contributed by atoms with van der Waals surface area (Å²) in [4.78, 5) is 18.7. The first kappa shape index (κ1) is 22.3. The fraction of sp³-hybridized carbons (Fsp3) is 0.375. The molecule has 1 aliphatic heterocycles. The van der Waals surface area contributed by atoms with Crippen molar-refractivity contribution in [3.8, 4) is 23.1 Å². The summed E-state index contributed by atoms with van der Waals surface area (Å²) in [5, 5.41) is 32.3. The lowest BCUT2D eigenvalue weighted by Crippen LogP contribution is -2.47. The third-order valence-corrected chi connectivity index (χ3v) is 5.33. The first-order valence-electron chi connectivity index (χ1n) is 10.8.